The maximum atomic E-state index is 13.5. The number of ether oxygens (including phenoxy) is 1. The average molecular weight is 320 g/mol. The largest absolute Gasteiger partial charge is 0.497 e. The van der Waals surface area contributed by atoms with E-state index >= 15 is 0 Å². The summed E-state index contributed by atoms with van der Waals surface area (Å²) in [6.07, 6.45) is 0. The van der Waals surface area contributed by atoms with Crippen molar-refractivity contribution in [3.8, 4) is 34.2 Å². The monoisotopic (exact) mass is 320 g/mol. The Balaban J connectivity index is 2.20. The molecule has 0 atom stereocenters. The number of pyridine rings is 1. The van der Waals surface area contributed by atoms with E-state index in [2.05, 4.69) is 4.98 Å². The minimum Gasteiger partial charge on any atom is -0.497 e. The molecule has 24 heavy (non-hydrogen) atoms. The van der Waals surface area contributed by atoms with Crippen LogP contribution in [0.4, 0.5) is 4.39 Å². The molecular weight excluding hydrogens is 307 g/mol. The summed E-state index contributed by atoms with van der Waals surface area (Å²) < 4.78 is 18.6. The van der Waals surface area contributed by atoms with E-state index < -0.39 is 11.4 Å². The summed E-state index contributed by atoms with van der Waals surface area (Å²) in [5.74, 6) is 0.266. The van der Waals surface area contributed by atoms with Crippen LogP contribution in [0.25, 0.3) is 22.4 Å². The van der Waals surface area contributed by atoms with Crippen molar-refractivity contribution in [2.24, 2.45) is 0 Å². The van der Waals surface area contributed by atoms with Crippen LogP contribution in [0.2, 0.25) is 0 Å². The van der Waals surface area contributed by atoms with E-state index in [4.69, 9.17) is 4.74 Å². The molecule has 4 nitrogen and oxygen atoms in total. The fraction of sp³-hybridized carbons (Fsp3) is 0.0526. The molecule has 1 aromatic heterocycles. The van der Waals surface area contributed by atoms with Gasteiger partial charge >= 0.3 is 0 Å². The lowest BCUT2D eigenvalue weighted by Crippen LogP contribution is -2.12. The van der Waals surface area contributed by atoms with Gasteiger partial charge in [-0.05, 0) is 53.6 Å². The molecule has 0 spiro atoms. The van der Waals surface area contributed by atoms with Crippen molar-refractivity contribution in [1.29, 1.82) is 5.26 Å². The van der Waals surface area contributed by atoms with Crippen LogP contribution in [0, 0.1) is 17.1 Å². The van der Waals surface area contributed by atoms with E-state index in [0.717, 1.165) is 5.56 Å². The molecule has 0 saturated heterocycles. The maximum absolute atomic E-state index is 13.5. The molecule has 0 radical (unpaired) electrons. The van der Waals surface area contributed by atoms with Gasteiger partial charge in [0.15, 0.2) is 0 Å². The fourth-order valence-corrected chi connectivity index (χ4v) is 2.48. The number of hydrogen-bond donors (Lipinski definition) is 1. The number of halogens is 1. The van der Waals surface area contributed by atoms with Crippen molar-refractivity contribution in [3.05, 3.63) is 76.3 Å². The lowest BCUT2D eigenvalue weighted by atomic mass is 9.99. The van der Waals surface area contributed by atoms with E-state index in [-0.39, 0.29) is 5.56 Å². The Morgan fingerprint density at radius 3 is 2.46 bits per heavy atom. The van der Waals surface area contributed by atoms with Gasteiger partial charge in [0.25, 0.3) is 5.56 Å². The van der Waals surface area contributed by atoms with Gasteiger partial charge in [0.2, 0.25) is 0 Å². The van der Waals surface area contributed by atoms with Crippen LogP contribution in [-0.2, 0) is 0 Å². The normalized spacial score (nSPS) is 10.2. The Morgan fingerprint density at radius 2 is 1.83 bits per heavy atom. The topological polar surface area (TPSA) is 65.9 Å². The Hall–Kier alpha value is -3.39. The van der Waals surface area contributed by atoms with Crippen molar-refractivity contribution in [3.63, 3.8) is 0 Å². The van der Waals surface area contributed by atoms with Crippen molar-refractivity contribution in [2.45, 2.75) is 0 Å². The first-order valence-corrected chi connectivity index (χ1v) is 7.20. The van der Waals surface area contributed by atoms with Gasteiger partial charge in [-0.15, -0.1) is 0 Å². The third kappa shape index (κ3) is 2.90. The molecule has 0 amide bonds. The summed E-state index contributed by atoms with van der Waals surface area (Å²) in [4.78, 5) is 14.9. The number of H-pyrrole nitrogens is 1. The summed E-state index contributed by atoms with van der Waals surface area (Å²) >= 11 is 0. The lowest BCUT2D eigenvalue weighted by Gasteiger charge is -2.09. The first-order chi connectivity index (χ1) is 11.6. The summed E-state index contributed by atoms with van der Waals surface area (Å²) in [5.41, 5.74) is 1.62. The summed E-state index contributed by atoms with van der Waals surface area (Å²) in [6, 6.07) is 16.5. The number of hydrogen-bond acceptors (Lipinski definition) is 3. The van der Waals surface area contributed by atoms with Crippen molar-refractivity contribution in [2.75, 3.05) is 7.11 Å². The molecule has 1 heterocycles. The first-order valence-electron chi connectivity index (χ1n) is 7.20. The minimum atomic E-state index is -0.509. The van der Waals surface area contributed by atoms with Crippen LogP contribution in [-0.4, -0.2) is 12.1 Å². The van der Waals surface area contributed by atoms with Crippen molar-refractivity contribution < 1.29 is 9.13 Å². The molecule has 1 N–H and O–H groups in total. The molecule has 3 aromatic rings. The number of aromatic amines is 1. The van der Waals surface area contributed by atoms with Crippen LogP contribution in [0.1, 0.15) is 5.56 Å². The number of rotatable bonds is 3. The predicted octanol–water partition coefficient (Wildman–Crippen LogP) is 3.73. The van der Waals surface area contributed by atoms with Gasteiger partial charge in [-0.2, -0.15) is 5.26 Å². The summed E-state index contributed by atoms with van der Waals surface area (Å²) in [5, 5.41) is 9.28. The average Bonchev–Trinajstić information content (AvgIpc) is 2.61. The number of nitrogens with one attached hydrogen (secondary N) is 1. The second kappa shape index (κ2) is 6.39. The van der Waals surface area contributed by atoms with E-state index in [9.17, 15) is 14.4 Å². The highest BCUT2D eigenvalue weighted by Crippen LogP contribution is 2.27. The molecule has 118 valence electrons. The van der Waals surface area contributed by atoms with Gasteiger partial charge in [-0.3, -0.25) is 4.79 Å². The van der Waals surface area contributed by atoms with Crippen LogP contribution in [0.5, 0.6) is 5.75 Å². The molecule has 0 aliphatic heterocycles. The molecule has 0 aliphatic carbocycles. The third-order valence-electron chi connectivity index (χ3n) is 3.68. The highest BCUT2D eigenvalue weighted by atomic mass is 19.1. The van der Waals surface area contributed by atoms with Crippen LogP contribution >= 0.6 is 0 Å². The molecular formula is C19H13FN2O2. The molecule has 0 fully saturated rings. The number of nitriles is 1. The Bertz CT molecular complexity index is 985. The van der Waals surface area contributed by atoms with E-state index in [1.807, 2.05) is 6.07 Å². The van der Waals surface area contributed by atoms with E-state index in [1.54, 1.807) is 49.6 Å². The summed E-state index contributed by atoms with van der Waals surface area (Å²) in [7, 11) is 1.57. The smallest absolute Gasteiger partial charge is 0.266 e. The molecule has 0 bridgehead atoms. The molecule has 0 unspecified atom stereocenters. The van der Waals surface area contributed by atoms with Gasteiger partial charge in [-0.25, -0.2) is 4.39 Å². The molecule has 5 heteroatoms. The zero-order valence-corrected chi connectivity index (χ0v) is 12.8. The minimum absolute atomic E-state index is 0.0436. The predicted molar refractivity (Wildman–Crippen MR) is 89.2 cm³/mol. The quantitative estimate of drug-likeness (QED) is 0.799. The number of methoxy groups -OCH3 is 1. The SMILES string of the molecule is COc1ccc(-c2cc(-c3cccc(F)c3)c(C#N)c(=O)[nH]2)cc1. The standard InChI is InChI=1S/C19H13FN2O2/c1-24-15-7-5-12(6-8-15)18-10-16(17(11-21)19(23)22-18)13-3-2-4-14(20)9-13/h2-10H,1H3,(H,22,23). The van der Waals surface area contributed by atoms with Crippen molar-refractivity contribution >= 4 is 0 Å². The van der Waals surface area contributed by atoms with Crippen molar-refractivity contribution in [1.82, 2.24) is 4.98 Å². The van der Waals surface area contributed by atoms with Crippen LogP contribution in [0.15, 0.2) is 59.4 Å². The Kier molecular flexibility index (Phi) is 4.13. The summed E-state index contributed by atoms with van der Waals surface area (Å²) in [6.45, 7) is 0. The van der Waals surface area contributed by atoms with Gasteiger partial charge in [0.1, 0.15) is 23.2 Å². The molecule has 3 rings (SSSR count). The number of benzene rings is 2. The highest BCUT2D eigenvalue weighted by molar-refractivity contribution is 5.75. The number of nitrogens with zero attached hydrogens (tertiary/aromatic N) is 1. The Morgan fingerprint density at radius 1 is 1.08 bits per heavy atom. The van der Waals surface area contributed by atoms with E-state index in [1.165, 1.54) is 12.1 Å². The van der Waals surface area contributed by atoms with Crippen LogP contribution in [0.3, 0.4) is 0 Å². The Labute approximate surface area is 137 Å². The molecule has 0 saturated carbocycles. The number of aromatic nitrogens is 1. The highest BCUT2D eigenvalue weighted by Gasteiger charge is 2.13. The second-order valence-corrected chi connectivity index (χ2v) is 5.15. The lowest BCUT2D eigenvalue weighted by molar-refractivity contribution is 0.415. The molecule has 2 aromatic carbocycles. The molecule has 0 aliphatic rings. The van der Waals surface area contributed by atoms with Gasteiger partial charge in [-0.1, -0.05) is 12.1 Å². The van der Waals surface area contributed by atoms with Gasteiger partial charge < -0.3 is 9.72 Å². The van der Waals surface area contributed by atoms with Crippen LogP contribution < -0.4 is 10.3 Å². The van der Waals surface area contributed by atoms with Gasteiger partial charge in [0, 0.05) is 11.3 Å². The van der Waals surface area contributed by atoms with Gasteiger partial charge in [0.05, 0.1) is 7.11 Å². The maximum Gasteiger partial charge on any atom is 0.266 e. The zero-order valence-electron chi connectivity index (χ0n) is 12.8. The zero-order chi connectivity index (χ0) is 17.1. The third-order valence-corrected chi connectivity index (χ3v) is 3.68. The second-order valence-electron chi connectivity index (χ2n) is 5.15. The fourth-order valence-electron chi connectivity index (χ4n) is 2.48. The van der Waals surface area contributed by atoms with E-state index in [0.29, 0.717) is 22.6 Å². The first kappa shape index (κ1) is 15.5.